The average Bonchev–Trinajstić information content (AvgIpc) is 3.18. The number of Topliss-reactive ketones (excluding diaryl/α,β-unsaturated/α-hetero) is 1. The van der Waals surface area contributed by atoms with Gasteiger partial charge in [0, 0.05) is 50.3 Å². The normalized spacial score (nSPS) is 18.2. The van der Waals surface area contributed by atoms with Crippen LogP contribution in [0.3, 0.4) is 0 Å². The molecular formula is C28H28F4N4O2. The molecule has 200 valence electrons. The van der Waals surface area contributed by atoms with Crippen LogP contribution in [0.25, 0.3) is 11.0 Å². The van der Waals surface area contributed by atoms with E-state index in [2.05, 4.69) is 4.98 Å². The predicted octanol–water partition coefficient (Wildman–Crippen LogP) is 5.64. The van der Waals surface area contributed by atoms with Gasteiger partial charge in [-0.3, -0.25) is 9.59 Å². The van der Waals surface area contributed by atoms with Gasteiger partial charge in [-0.25, -0.2) is 9.37 Å². The second-order valence-electron chi connectivity index (χ2n) is 10.2. The second-order valence-corrected chi connectivity index (χ2v) is 10.2. The van der Waals surface area contributed by atoms with Crippen LogP contribution in [0.5, 0.6) is 0 Å². The molecular weight excluding hydrogens is 500 g/mol. The lowest BCUT2D eigenvalue weighted by atomic mass is 9.80. The van der Waals surface area contributed by atoms with E-state index in [9.17, 15) is 27.2 Å². The third-order valence-electron chi connectivity index (χ3n) is 7.26. The first-order chi connectivity index (χ1) is 17.8. The number of halogens is 4. The fourth-order valence-corrected chi connectivity index (χ4v) is 5.43. The number of carbonyl (C=O) groups is 2. The van der Waals surface area contributed by atoms with Crippen molar-refractivity contribution in [3.05, 3.63) is 64.2 Å². The van der Waals surface area contributed by atoms with Gasteiger partial charge in [-0.1, -0.05) is 26.8 Å². The lowest BCUT2D eigenvalue weighted by Crippen LogP contribution is -2.43. The maximum atomic E-state index is 14.6. The summed E-state index contributed by atoms with van der Waals surface area (Å²) in [5.41, 5.74) is -1.52. The molecule has 1 fully saturated rings. The number of hydrogen-bond acceptors (Lipinski definition) is 4. The Morgan fingerprint density at radius 1 is 1.26 bits per heavy atom. The van der Waals surface area contributed by atoms with Gasteiger partial charge in [0.05, 0.1) is 16.7 Å². The van der Waals surface area contributed by atoms with E-state index in [0.717, 1.165) is 12.3 Å². The average molecular weight is 529 g/mol. The number of alkyl halides is 3. The van der Waals surface area contributed by atoms with Crippen molar-refractivity contribution in [1.29, 1.82) is 5.26 Å². The van der Waals surface area contributed by atoms with E-state index in [1.54, 1.807) is 28.8 Å². The van der Waals surface area contributed by atoms with Crippen LogP contribution in [0.4, 0.5) is 17.6 Å². The first-order valence-electron chi connectivity index (χ1n) is 12.4. The number of amides is 1. The first kappa shape index (κ1) is 27.3. The van der Waals surface area contributed by atoms with Crippen LogP contribution in [0.2, 0.25) is 0 Å². The molecule has 1 aliphatic heterocycles. The Labute approximate surface area is 217 Å². The highest BCUT2D eigenvalue weighted by Crippen LogP contribution is 2.44. The van der Waals surface area contributed by atoms with Gasteiger partial charge in [-0.15, -0.1) is 0 Å². The highest BCUT2D eigenvalue weighted by molar-refractivity contribution is 5.99. The van der Waals surface area contributed by atoms with E-state index < -0.39 is 35.3 Å². The van der Waals surface area contributed by atoms with E-state index in [4.69, 9.17) is 5.26 Å². The summed E-state index contributed by atoms with van der Waals surface area (Å²) in [6.45, 7) is 6.42. The highest BCUT2D eigenvalue weighted by Gasteiger charge is 2.40. The third kappa shape index (κ3) is 4.89. The fraction of sp³-hybridized carbons (Fsp3) is 0.429. The fourth-order valence-electron chi connectivity index (χ4n) is 5.43. The van der Waals surface area contributed by atoms with Crippen molar-refractivity contribution in [2.75, 3.05) is 13.1 Å². The van der Waals surface area contributed by atoms with E-state index >= 15 is 0 Å². The first-order valence-corrected chi connectivity index (χ1v) is 12.4. The molecule has 1 saturated heterocycles. The van der Waals surface area contributed by atoms with Crippen LogP contribution in [-0.4, -0.2) is 39.2 Å². The van der Waals surface area contributed by atoms with Gasteiger partial charge in [0.25, 0.3) is 0 Å². The number of pyridine rings is 1. The van der Waals surface area contributed by atoms with Crippen LogP contribution in [-0.2, 0) is 24.4 Å². The molecule has 10 heteroatoms. The van der Waals surface area contributed by atoms with Crippen LogP contribution < -0.4 is 0 Å². The molecule has 3 aromatic rings. The van der Waals surface area contributed by atoms with Crippen LogP contribution in [0.1, 0.15) is 65.7 Å². The van der Waals surface area contributed by atoms with Crippen molar-refractivity contribution < 1.29 is 27.2 Å². The Bertz CT molecular complexity index is 1450. The van der Waals surface area contributed by atoms with Crippen molar-refractivity contribution >= 4 is 22.7 Å². The summed E-state index contributed by atoms with van der Waals surface area (Å²) in [4.78, 5) is 31.5. The molecule has 38 heavy (non-hydrogen) atoms. The molecule has 0 bridgehead atoms. The molecule has 0 N–H and O–H groups in total. The Balaban J connectivity index is 1.79. The van der Waals surface area contributed by atoms with Gasteiger partial charge in [0.2, 0.25) is 5.91 Å². The minimum absolute atomic E-state index is 0.0133. The number of rotatable bonds is 5. The van der Waals surface area contributed by atoms with Gasteiger partial charge in [0.15, 0.2) is 11.6 Å². The number of likely N-dealkylation sites (tertiary alicyclic amines) is 1. The predicted molar refractivity (Wildman–Crippen MR) is 133 cm³/mol. The van der Waals surface area contributed by atoms with Gasteiger partial charge in [-0.2, -0.15) is 18.4 Å². The number of aryl methyl sites for hydroxylation is 1. The van der Waals surface area contributed by atoms with Crippen LogP contribution in [0.15, 0.2) is 30.6 Å². The van der Waals surface area contributed by atoms with Crippen molar-refractivity contribution in [2.24, 2.45) is 18.9 Å². The molecule has 4 rings (SSSR count). The number of nitriles is 1. The van der Waals surface area contributed by atoms with E-state index in [1.165, 1.54) is 12.1 Å². The maximum absolute atomic E-state index is 14.6. The SMILES string of the molecule is CC(C)C(=O)N1CC[C@@H](c2cn(C)c3ncc(CC(=O)c4cccc(C#N)c4F)c(C(F)(F)F)c23)[C@@H](C)C1. The second kappa shape index (κ2) is 10.2. The van der Waals surface area contributed by atoms with Crippen molar-refractivity contribution in [3.8, 4) is 6.07 Å². The summed E-state index contributed by atoms with van der Waals surface area (Å²) in [7, 11) is 1.62. The van der Waals surface area contributed by atoms with E-state index in [0.29, 0.717) is 25.1 Å². The number of benzene rings is 1. The zero-order chi connectivity index (χ0) is 27.9. The smallest absolute Gasteiger partial charge is 0.342 e. The minimum atomic E-state index is -4.81. The number of nitrogens with zero attached hydrogens (tertiary/aromatic N) is 4. The van der Waals surface area contributed by atoms with E-state index in [1.807, 2.05) is 20.8 Å². The zero-order valence-corrected chi connectivity index (χ0v) is 21.6. The standard InChI is InChI=1S/C28H28F4N4O2/c1-15(2)27(38)36-9-8-19(16(3)13-36)21-14-35(4)26-23(21)24(28(30,31)32)18(12-34-26)10-22(37)20-7-5-6-17(11-33)25(20)29/h5-7,12,14-16,19H,8-10,13H2,1-4H3/t16-,19+/m0/s1. The lowest BCUT2D eigenvalue weighted by Gasteiger charge is -2.38. The van der Waals surface area contributed by atoms with Crippen LogP contribution in [0, 0.1) is 29.0 Å². The van der Waals surface area contributed by atoms with Gasteiger partial charge < -0.3 is 9.47 Å². The molecule has 0 saturated carbocycles. The maximum Gasteiger partial charge on any atom is 0.417 e. The Hall–Kier alpha value is -3.74. The molecule has 0 unspecified atom stereocenters. The number of carbonyl (C=O) groups excluding carboxylic acids is 2. The zero-order valence-electron chi connectivity index (χ0n) is 21.6. The van der Waals surface area contributed by atoms with Crippen molar-refractivity contribution in [2.45, 2.75) is 45.7 Å². The van der Waals surface area contributed by atoms with Gasteiger partial charge in [-0.05, 0) is 41.5 Å². The molecule has 0 spiro atoms. The van der Waals surface area contributed by atoms with E-state index in [-0.39, 0.29) is 45.8 Å². The largest absolute Gasteiger partial charge is 0.417 e. The molecule has 1 aromatic carbocycles. The molecule has 0 radical (unpaired) electrons. The molecule has 1 aliphatic rings. The van der Waals surface area contributed by atoms with Gasteiger partial charge >= 0.3 is 6.18 Å². The number of aromatic nitrogens is 2. The number of ketones is 1. The molecule has 0 aliphatic carbocycles. The van der Waals surface area contributed by atoms with Gasteiger partial charge in [0.1, 0.15) is 11.7 Å². The number of piperidine rings is 1. The topological polar surface area (TPSA) is 79.0 Å². The van der Waals surface area contributed by atoms with Crippen molar-refractivity contribution in [3.63, 3.8) is 0 Å². The molecule has 1 amide bonds. The highest BCUT2D eigenvalue weighted by atomic mass is 19.4. The molecule has 2 aromatic heterocycles. The Morgan fingerprint density at radius 3 is 2.58 bits per heavy atom. The Kier molecular flexibility index (Phi) is 7.33. The third-order valence-corrected chi connectivity index (χ3v) is 7.26. The summed E-state index contributed by atoms with van der Waals surface area (Å²) in [6, 6.07) is 5.29. The summed E-state index contributed by atoms with van der Waals surface area (Å²) >= 11 is 0. The van der Waals surface area contributed by atoms with Crippen molar-refractivity contribution in [1.82, 2.24) is 14.5 Å². The monoisotopic (exact) mass is 528 g/mol. The van der Waals surface area contributed by atoms with Crippen LogP contribution >= 0.6 is 0 Å². The minimum Gasteiger partial charge on any atom is -0.342 e. The summed E-state index contributed by atoms with van der Waals surface area (Å²) in [5, 5.41) is 8.98. The number of hydrogen-bond donors (Lipinski definition) is 0. The number of fused-ring (bicyclic) bond motifs is 1. The Morgan fingerprint density at radius 2 is 1.97 bits per heavy atom. The lowest BCUT2D eigenvalue weighted by molar-refractivity contribution is -0.137. The summed E-state index contributed by atoms with van der Waals surface area (Å²) in [5.74, 6) is -2.45. The molecule has 6 nitrogen and oxygen atoms in total. The summed E-state index contributed by atoms with van der Waals surface area (Å²) in [6.07, 6.45) is -2.38. The summed E-state index contributed by atoms with van der Waals surface area (Å²) < 4.78 is 60.0. The molecule has 2 atom stereocenters. The molecule has 3 heterocycles. The quantitative estimate of drug-likeness (QED) is 0.317.